The van der Waals surface area contributed by atoms with E-state index in [2.05, 4.69) is 9.98 Å². The number of alkyl halides is 3. The molecule has 1 aromatic carbocycles. The molecule has 29 heavy (non-hydrogen) atoms. The zero-order valence-electron chi connectivity index (χ0n) is 16.8. The molecule has 0 amide bonds. The van der Waals surface area contributed by atoms with E-state index in [4.69, 9.17) is 5.26 Å². The first-order chi connectivity index (χ1) is 13.3. The van der Waals surface area contributed by atoms with Crippen molar-refractivity contribution in [3.05, 3.63) is 51.0 Å². The van der Waals surface area contributed by atoms with E-state index < -0.39 is 29.0 Å². The van der Waals surface area contributed by atoms with Crippen molar-refractivity contribution in [3.8, 4) is 6.19 Å². The summed E-state index contributed by atoms with van der Waals surface area (Å²) in [5, 5.41) is 9.00. The predicted molar refractivity (Wildman–Crippen MR) is 105 cm³/mol. The van der Waals surface area contributed by atoms with Gasteiger partial charge in [0.05, 0.1) is 11.1 Å². The summed E-state index contributed by atoms with van der Waals surface area (Å²) in [7, 11) is 0. The summed E-state index contributed by atoms with van der Waals surface area (Å²) in [6, 6.07) is 2.85. The Labute approximate surface area is 170 Å². The molecule has 0 atom stereocenters. The number of aliphatic imine (C=N–C) groups is 1. The van der Waals surface area contributed by atoms with Gasteiger partial charge in [-0.3, -0.25) is 0 Å². The lowest BCUT2D eigenvalue weighted by Crippen LogP contribution is -2.20. The summed E-state index contributed by atoms with van der Waals surface area (Å²) in [5.74, 6) is -1.62. The van der Waals surface area contributed by atoms with E-state index in [1.165, 1.54) is 17.5 Å². The molecule has 4 nitrogen and oxygen atoms in total. The number of rotatable bonds is 3. The van der Waals surface area contributed by atoms with Crippen molar-refractivity contribution in [2.75, 3.05) is 0 Å². The maximum absolute atomic E-state index is 14.6. The van der Waals surface area contributed by atoms with E-state index in [1.807, 2.05) is 45.4 Å². The second-order valence-electron chi connectivity index (χ2n) is 7.99. The first-order valence-corrected chi connectivity index (χ1v) is 9.74. The lowest BCUT2D eigenvalue weighted by atomic mass is 9.95. The van der Waals surface area contributed by atoms with Crippen LogP contribution in [0.25, 0.3) is 0 Å². The number of thiazole rings is 1. The first kappa shape index (κ1) is 22.8. The summed E-state index contributed by atoms with van der Waals surface area (Å²) < 4.78 is 55.6. The Kier molecular flexibility index (Phi) is 6.68. The zero-order chi connectivity index (χ0) is 22.0. The fraction of sp³-hybridized carbons (Fsp3) is 0.450. The van der Waals surface area contributed by atoms with Crippen LogP contribution in [0.2, 0.25) is 0 Å². The van der Waals surface area contributed by atoms with Crippen LogP contribution in [-0.4, -0.2) is 10.4 Å². The average molecular weight is 426 g/mol. The molecule has 1 heterocycles. The molecular formula is C20H22F4N4S. The number of nitriles is 1. The lowest BCUT2D eigenvalue weighted by Gasteiger charge is -2.14. The number of halogens is 4. The molecule has 0 spiro atoms. The third kappa shape index (κ3) is 5.54. The SMILES string of the molecule is CC(C)Cn1cc(C(C)(C)C)sc1=NC(=NC#N)c1cccc(C(F)(F)F)c1F. The number of aromatic nitrogens is 1. The maximum atomic E-state index is 14.6. The largest absolute Gasteiger partial charge is 0.419 e. The molecule has 0 aliphatic heterocycles. The molecule has 0 unspecified atom stereocenters. The number of benzene rings is 1. The second-order valence-corrected chi connectivity index (χ2v) is 9.00. The Morgan fingerprint density at radius 3 is 2.41 bits per heavy atom. The number of hydrogen-bond donors (Lipinski definition) is 0. The van der Waals surface area contributed by atoms with E-state index in [0.717, 1.165) is 17.0 Å². The Hall–Kier alpha value is -2.47. The van der Waals surface area contributed by atoms with Crippen LogP contribution in [0.4, 0.5) is 17.6 Å². The van der Waals surface area contributed by atoms with Crippen LogP contribution < -0.4 is 4.80 Å². The van der Waals surface area contributed by atoms with Gasteiger partial charge in [0.1, 0.15) is 5.82 Å². The van der Waals surface area contributed by atoms with Crippen LogP contribution >= 0.6 is 11.3 Å². The highest BCUT2D eigenvalue weighted by atomic mass is 32.1. The molecule has 0 radical (unpaired) electrons. The highest BCUT2D eigenvalue weighted by Crippen LogP contribution is 2.32. The van der Waals surface area contributed by atoms with Gasteiger partial charge in [-0.15, -0.1) is 11.3 Å². The number of hydrogen-bond acceptors (Lipinski definition) is 3. The van der Waals surface area contributed by atoms with Gasteiger partial charge in [-0.05, 0) is 23.5 Å². The van der Waals surface area contributed by atoms with Gasteiger partial charge in [0.15, 0.2) is 10.6 Å². The van der Waals surface area contributed by atoms with Crippen molar-refractivity contribution in [2.24, 2.45) is 15.9 Å². The van der Waals surface area contributed by atoms with Gasteiger partial charge in [0.2, 0.25) is 6.19 Å². The zero-order valence-corrected chi connectivity index (χ0v) is 17.6. The summed E-state index contributed by atoms with van der Waals surface area (Å²) >= 11 is 1.33. The van der Waals surface area contributed by atoms with Gasteiger partial charge in [0.25, 0.3) is 0 Å². The molecule has 2 aromatic rings. The van der Waals surface area contributed by atoms with Crippen LogP contribution in [0.1, 0.15) is 50.6 Å². The van der Waals surface area contributed by atoms with Gasteiger partial charge < -0.3 is 4.57 Å². The monoisotopic (exact) mass is 426 g/mol. The summed E-state index contributed by atoms with van der Waals surface area (Å²) in [5.41, 5.74) is -2.07. The van der Waals surface area contributed by atoms with Gasteiger partial charge in [0, 0.05) is 17.6 Å². The third-order valence-corrected chi connectivity index (χ3v) is 5.37. The molecule has 0 saturated heterocycles. The van der Waals surface area contributed by atoms with Crippen LogP contribution in [0.15, 0.2) is 34.4 Å². The fourth-order valence-electron chi connectivity index (χ4n) is 2.55. The molecule has 156 valence electrons. The highest BCUT2D eigenvalue weighted by Gasteiger charge is 2.35. The van der Waals surface area contributed by atoms with E-state index in [0.29, 0.717) is 17.4 Å². The van der Waals surface area contributed by atoms with Gasteiger partial charge in [-0.1, -0.05) is 40.7 Å². The minimum Gasteiger partial charge on any atom is -0.323 e. The lowest BCUT2D eigenvalue weighted by molar-refractivity contribution is -0.140. The third-order valence-electron chi connectivity index (χ3n) is 3.92. The molecular weight excluding hydrogens is 404 g/mol. The smallest absolute Gasteiger partial charge is 0.323 e. The minimum absolute atomic E-state index is 0.175. The summed E-state index contributed by atoms with van der Waals surface area (Å²) in [6.45, 7) is 10.7. The van der Waals surface area contributed by atoms with Crippen molar-refractivity contribution in [3.63, 3.8) is 0 Å². The first-order valence-electron chi connectivity index (χ1n) is 8.93. The fourth-order valence-corrected chi connectivity index (χ4v) is 3.60. The molecule has 9 heteroatoms. The van der Waals surface area contributed by atoms with Crippen molar-refractivity contribution >= 4 is 17.2 Å². The highest BCUT2D eigenvalue weighted by molar-refractivity contribution is 7.09. The van der Waals surface area contributed by atoms with Crippen LogP contribution in [0, 0.1) is 23.2 Å². The van der Waals surface area contributed by atoms with Crippen molar-refractivity contribution < 1.29 is 17.6 Å². The maximum Gasteiger partial charge on any atom is 0.419 e. The topological polar surface area (TPSA) is 53.4 Å². The van der Waals surface area contributed by atoms with Crippen LogP contribution in [0.3, 0.4) is 0 Å². The molecule has 0 saturated carbocycles. The second kappa shape index (κ2) is 8.49. The predicted octanol–water partition coefficient (Wildman–Crippen LogP) is 5.49. The minimum atomic E-state index is -4.86. The Morgan fingerprint density at radius 2 is 1.90 bits per heavy atom. The van der Waals surface area contributed by atoms with Gasteiger partial charge >= 0.3 is 6.18 Å². The molecule has 0 fully saturated rings. The Morgan fingerprint density at radius 1 is 1.24 bits per heavy atom. The molecule has 1 aromatic heterocycles. The summed E-state index contributed by atoms with van der Waals surface area (Å²) in [4.78, 5) is 9.24. The van der Waals surface area contributed by atoms with E-state index in [9.17, 15) is 17.6 Å². The summed E-state index contributed by atoms with van der Waals surface area (Å²) in [6.07, 6.45) is -1.43. The van der Waals surface area contributed by atoms with Gasteiger partial charge in [-0.2, -0.15) is 28.4 Å². The normalized spacial score (nSPS) is 13.8. The van der Waals surface area contributed by atoms with Crippen LogP contribution in [0.5, 0.6) is 0 Å². The molecule has 0 bridgehead atoms. The van der Waals surface area contributed by atoms with Crippen LogP contribution in [-0.2, 0) is 18.1 Å². The number of nitrogens with zero attached hydrogens (tertiary/aromatic N) is 4. The van der Waals surface area contributed by atoms with Crippen molar-refractivity contribution in [1.82, 2.24) is 4.57 Å². The van der Waals surface area contributed by atoms with E-state index in [1.54, 1.807) is 0 Å². The Balaban J connectivity index is 2.72. The average Bonchev–Trinajstić information content (AvgIpc) is 2.96. The quantitative estimate of drug-likeness (QED) is 0.277. The standard InChI is InChI=1S/C20H22F4N4S/c1-12(2)9-28-10-15(19(3,4)5)29-18(28)27-17(26-11-25)13-7-6-8-14(16(13)21)20(22,23)24/h6-8,10,12H,9H2,1-5H3. The molecule has 0 N–H and O–H groups in total. The van der Waals surface area contributed by atoms with Gasteiger partial charge in [-0.25, -0.2) is 4.39 Å². The number of amidine groups is 1. The molecule has 0 aliphatic carbocycles. The van der Waals surface area contributed by atoms with E-state index in [-0.39, 0.29) is 11.3 Å². The van der Waals surface area contributed by atoms with E-state index >= 15 is 0 Å². The molecule has 0 aliphatic rings. The Bertz CT molecular complexity index is 1010. The molecule has 2 rings (SSSR count). The van der Waals surface area contributed by atoms with Crippen molar-refractivity contribution in [1.29, 1.82) is 5.26 Å². The van der Waals surface area contributed by atoms with Crippen molar-refractivity contribution in [2.45, 2.75) is 52.8 Å².